The summed E-state index contributed by atoms with van der Waals surface area (Å²) in [5, 5.41) is 4.06. The van der Waals surface area contributed by atoms with Gasteiger partial charge in [-0.2, -0.15) is 11.8 Å². The summed E-state index contributed by atoms with van der Waals surface area (Å²) >= 11 is 13.7. The number of carbonyl (C=O) groups excluding carboxylic acids is 1. The maximum Gasteiger partial charge on any atom is 0.317 e. The predicted molar refractivity (Wildman–Crippen MR) is 77.6 cm³/mol. The number of thioether (sulfide) groups is 1. The highest BCUT2D eigenvalue weighted by molar-refractivity contribution is 7.99. The summed E-state index contributed by atoms with van der Waals surface area (Å²) in [7, 11) is 0. The molecule has 0 unspecified atom stereocenters. The Hall–Kier alpha value is -0.580. The fraction of sp³-hybridized carbons (Fsp3) is 0.417. The molecule has 2 rings (SSSR count). The van der Waals surface area contributed by atoms with Gasteiger partial charge >= 0.3 is 6.03 Å². The number of rotatable bonds is 2. The maximum atomic E-state index is 11.9. The smallest absolute Gasteiger partial charge is 0.317 e. The molecule has 0 saturated carbocycles. The first kappa shape index (κ1) is 13.8. The first-order valence-corrected chi connectivity index (χ1v) is 7.62. The van der Waals surface area contributed by atoms with Crippen molar-refractivity contribution in [1.82, 2.24) is 10.2 Å². The Kier molecular flexibility index (Phi) is 5.03. The molecule has 0 aromatic heterocycles. The molecule has 6 heteroatoms. The van der Waals surface area contributed by atoms with Crippen molar-refractivity contribution in [2.24, 2.45) is 0 Å². The molecule has 1 aromatic carbocycles. The molecule has 0 aliphatic carbocycles. The lowest BCUT2D eigenvalue weighted by Gasteiger charge is -2.26. The van der Waals surface area contributed by atoms with Crippen molar-refractivity contribution in [3.05, 3.63) is 33.8 Å². The lowest BCUT2D eigenvalue weighted by Crippen LogP contribution is -2.44. The Bertz CT molecular complexity index is 436. The second kappa shape index (κ2) is 6.55. The van der Waals surface area contributed by atoms with Gasteiger partial charge in [0.1, 0.15) is 0 Å². The Balaban J connectivity index is 1.88. The molecule has 1 fully saturated rings. The number of benzene rings is 1. The van der Waals surface area contributed by atoms with Crippen molar-refractivity contribution in [2.45, 2.75) is 6.54 Å². The molecule has 1 N–H and O–H groups in total. The molecule has 0 atom stereocenters. The molecular formula is C12H14Cl2N2OS. The lowest BCUT2D eigenvalue weighted by molar-refractivity contribution is 0.202. The summed E-state index contributed by atoms with van der Waals surface area (Å²) in [5.41, 5.74) is 0.876. The minimum atomic E-state index is -0.0266. The highest BCUT2D eigenvalue weighted by Gasteiger charge is 2.16. The van der Waals surface area contributed by atoms with Gasteiger partial charge in [0.25, 0.3) is 0 Å². The molecule has 1 aliphatic heterocycles. The van der Waals surface area contributed by atoms with E-state index in [0.717, 1.165) is 30.2 Å². The van der Waals surface area contributed by atoms with Crippen LogP contribution in [0.25, 0.3) is 0 Å². The van der Waals surface area contributed by atoms with Crippen molar-refractivity contribution in [1.29, 1.82) is 0 Å². The van der Waals surface area contributed by atoms with Crippen LogP contribution in [0.4, 0.5) is 4.79 Å². The van der Waals surface area contributed by atoms with Gasteiger partial charge in [-0.05, 0) is 17.7 Å². The highest BCUT2D eigenvalue weighted by Crippen LogP contribution is 2.20. The zero-order chi connectivity index (χ0) is 13.0. The van der Waals surface area contributed by atoms with Gasteiger partial charge in [-0.25, -0.2) is 4.79 Å². The standard InChI is InChI=1S/C12H14Cl2N2OS/c13-10-2-1-9(11(14)7-10)8-15-12(17)16-3-5-18-6-4-16/h1-2,7H,3-6,8H2,(H,15,17). The van der Waals surface area contributed by atoms with Gasteiger partial charge in [0.15, 0.2) is 0 Å². The Morgan fingerprint density at radius 3 is 2.72 bits per heavy atom. The first-order valence-electron chi connectivity index (χ1n) is 5.71. The molecule has 1 aromatic rings. The maximum absolute atomic E-state index is 11.9. The van der Waals surface area contributed by atoms with Gasteiger partial charge in [0.05, 0.1) is 0 Å². The normalized spacial score (nSPS) is 15.6. The number of carbonyl (C=O) groups is 1. The number of nitrogens with one attached hydrogen (secondary N) is 1. The van der Waals surface area contributed by atoms with Crippen LogP contribution in [0.15, 0.2) is 18.2 Å². The highest BCUT2D eigenvalue weighted by atomic mass is 35.5. The summed E-state index contributed by atoms with van der Waals surface area (Å²) in [6, 6.07) is 5.26. The van der Waals surface area contributed by atoms with Gasteiger partial charge < -0.3 is 10.2 Å². The molecule has 0 spiro atoms. The second-order valence-corrected chi connectivity index (χ2v) is 6.06. The second-order valence-electron chi connectivity index (χ2n) is 3.99. The van der Waals surface area contributed by atoms with Crippen LogP contribution < -0.4 is 5.32 Å². The van der Waals surface area contributed by atoms with Crippen LogP contribution in [0.1, 0.15) is 5.56 Å². The van der Waals surface area contributed by atoms with Crippen LogP contribution in [0.2, 0.25) is 10.0 Å². The van der Waals surface area contributed by atoms with Gasteiger partial charge in [-0.1, -0.05) is 29.3 Å². The van der Waals surface area contributed by atoms with Crippen molar-refractivity contribution in [2.75, 3.05) is 24.6 Å². The van der Waals surface area contributed by atoms with E-state index in [4.69, 9.17) is 23.2 Å². The molecule has 0 bridgehead atoms. The molecule has 2 amide bonds. The summed E-state index contributed by atoms with van der Waals surface area (Å²) in [6.07, 6.45) is 0. The van der Waals surface area contributed by atoms with Crippen LogP contribution in [0, 0.1) is 0 Å². The number of amides is 2. The molecule has 98 valence electrons. The lowest BCUT2D eigenvalue weighted by atomic mass is 10.2. The van der Waals surface area contributed by atoms with Gasteiger partial charge in [0.2, 0.25) is 0 Å². The SMILES string of the molecule is O=C(NCc1ccc(Cl)cc1Cl)N1CCSCC1. The van der Waals surface area contributed by atoms with Crippen LogP contribution >= 0.6 is 35.0 Å². The fourth-order valence-electron chi connectivity index (χ4n) is 1.71. The Morgan fingerprint density at radius 1 is 1.33 bits per heavy atom. The van der Waals surface area contributed by atoms with Crippen LogP contribution in [-0.2, 0) is 6.54 Å². The average Bonchev–Trinajstić information content (AvgIpc) is 2.38. The minimum Gasteiger partial charge on any atom is -0.334 e. The number of urea groups is 1. The Morgan fingerprint density at radius 2 is 2.06 bits per heavy atom. The summed E-state index contributed by atoms with van der Waals surface area (Å²) < 4.78 is 0. The van der Waals surface area contributed by atoms with E-state index >= 15 is 0 Å². The van der Waals surface area contributed by atoms with Gasteiger partial charge in [-0.3, -0.25) is 0 Å². The van der Waals surface area contributed by atoms with E-state index in [1.807, 2.05) is 22.7 Å². The Labute approximate surface area is 121 Å². The number of nitrogens with zero attached hydrogens (tertiary/aromatic N) is 1. The topological polar surface area (TPSA) is 32.3 Å². The number of halogens is 2. The number of hydrogen-bond acceptors (Lipinski definition) is 2. The minimum absolute atomic E-state index is 0.0266. The van der Waals surface area contributed by atoms with Crippen LogP contribution in [0.3, 0.4) is 0 Å². The molecule has 1 aliphatic rings. The third-order valence-corrected chi connectivity index (χ3v) is 4.27. The van der Waals surface area contributed by atoms with E-state index in [0.29, 0.717) is 16.6 Å². The van der Waals surface area contributed by atoms with E-state index < -0.39 is 0 Å². The largest absolute Gasteiger partial charge is 0.334 e. The zero-order valence-corrected chi connectivity index (χ0v) is 12.1. The molecule has 1 heterocycles. The van der Waals surface area contributed by atoms with Crippen molar-refractivity contribution in [3.63, 3.8) is 0 Å². The van der Waals surface area contributed by atoms with Crippen molar-refractivity contribution >= 4 is 41.0 Å². The van der Waals surface area contributed by atoms with Crippen LogP contribution in [-0.4, -0.2) is 35.5 Å². The summed E-state index contributed by atoms with van der Waals surface area (Å²) in [6.45, 7) is 2.05. The van der Waals surface area contributed by atoms with E-state index in [1.165, 1.54) is 0 Å². The molecular weight excluding hydrogens is 291 g/mol. The third kappa shape index (κ3) is 3.70. The third-order valence-electron chi connectivity index (χ3n) is 2.74. The van der Waals surface area contributed by atoms with Gasteiger partial charge in [-0.15, -0.1) is 0 Å². The summed E-state index contributed by atoms with van der Waals surface area (Å²) in [5.74, 6) is 2.02. The molecule has 1 saturated heterocycles. The van der Waals surface area contributed by atoms with Crippen molar-refractivity contribution < 1.29 is 4.79 Å². The summed E-state index contributed by atoms with van der Waals surface area (Å²) in [4.78, 5) is 13.7. The monoisotopic (exact) mass is 304 g/mol. The first-order chi connectivity index (χ1) is 8.66. The quantitative estimate of drug-likeness (QED) is 0.909. The van der Waals surface area contributed by atoms with E-state index in [9.17, 15) is 4.79 Å². The predicted octanol–water partition coefficient (Wildman–Crippen LogP) is 3.25. The van der Waals surface area contributed by atoms with E-state index in [-0.39, 0.29) is 6.03 Å². The van der Waals surface area contributed by atoms with Crippen molar-refractivity contribution in [3.8, 4) is 0 Å². The number of hydrogen-bond donors (Lipinski definition) is 1. The van der Waals surface area contributed by atoms with Gasteiger partial charge in [0, 0.05) is 41.2 Å². The van der Waals surface area contributed by atoms with E-state index in [1.54, 1.807) is 12.1 Å². The molecule has 18 heavy (non-hydrogen) atoms. The fourth-order valence-corrected chi connectivity index (χ4v) is 3.09. The zero-order valence-electron chi connectivity index (χ0n) is 9.79. The van der Waals surface area contributed by atoms with Crippen LogP contribution in [0.5, 0.6) is 0 Å². The molecule has 0 radical (unpaired) electrons. The average molecular weight is 305 g/mol. The van der Waals surface area contributed by atoms with E-state index in [2.05, 4.69) is 5.32 Å². The molecule has 3 nitrogen and oxygen atoms in total.